The van der Waals surface area contributed by atoms with Crippen molar-refractivity contribution >= 4 is 0 Å². The van der Waals surface area contributed by atoms with Gasteiger partial charge in [0.2, 0.25) is 0 Å². The molecule has 14 heavy (non-hydrogen) atoms. The van der Waals surface area contributed by atoms with Crippen molar-refractivity contribution in [1.29, 1.82) is 0 Å². The molecule has 1 saturated carbocycles. The van der Waals surface area contributed by atoms with Crippen LogP contribution in [0.15, 0.2) is 6.20 Å². The van der Waals surface area contributed by atoms with Crippen LogP contribution in [-0.4, -0.2) is 21.0 Å². The number of rotatable bonds is 1. The lowest BCUT2D eigenvalue weighted by Crippen LogP contribution is -2.27. The highest BCUT2D eigenvalue weighted by molar-refractivity contribution is 5.30. The van der Waals surface area contributed by atoms with E-state index in [1.54, 1.807) is 0 Å². The van der Waals surface area contributed by atoms with Gasteiger partial charge >= 0.3 is 0 Å². The molecule has 1 heterocycles. The monoisotopic (exact) mass is 192 g/mol. The van der Waals surface area contributed by atoms with Crippen molar-refractivity contribution in [2.45, 2.75) is 44.8 Å². The fourth-order valence-corrected chi connectivity index (χ4v) is 3.10. The van der Waals surface area contributed by atoms with Gasteiger partial charge in [-0.1, -0.05) is 0 Å². The lowest BCUT2D eigenvalue weighted by molar-refractivity contribution is 0.107. The zero-order valence-electron chi connectivity index (χ0n) is 8.48. The third-order valence-electron chi connectivity index (χ3n) is 3.88. The number of fused-ring (bicyclic) bond motifs is 4. The topological polar surface area (TPSA) is 38.0 Å². The standard InChI is InChI=1S/C11H16N2O/c1-2-13-10-5-7-3-4-8(11(7)14)9(10)6-12-13/h6-8,11,14H,2-5H2,1H3/t7-,8-,11-/m1/s1. The van der Waals surface area contributed by atoms with Gasteiger partial charge in [-0.2, -0.15) is 5.10 Å². The fraction of sp³-hybridized carbons (Fsp3) is 0.727. The molecule has 1 N–H and O–H groups in total. The van der Waals surface area contributed by atoms with E-state index in [0.29, 0.717) is 11.8 Å². The fourth-order valence-electron chi connectivity index (χ4n) is 3.10. The van der Waals surface area contributed by atoms with Crippen LogP contribution in [0.4, 0.5) is 0 Å². The summed E-state index contributed by atoms with van der Waals surface area (Å²) in [5, 5.41) is 14.4. The first-order valence-electron chi connectivity index (χ1n) is 5.54. The van der Waals surface area contributed by atoms with Gasteiger partial charge < -0.3 is 5.11 Å². The number of aliphatic hydroxyl groups excluding tert-OH is 1. The van der Waals surface area contributed by atoms with Crippen LogP contribution in [0.5, 0.6) is 0 Å². The Bertz CT molecular complexity index is 358. The third kappa shape index (κ3) is 0.934. The molecule has 1 aromatic heterocycles. The third-order valence-corrected chi connectivity index (χ3v) is 3.88. The Morgan fingerprint density at radius 2 is 2.43 bits per heavy atom. The summed E-state index contributed by atoms with van der Waals surface area (Å²) in [7, 11) is 0. The van der Waals surface area contributed by atoms with Crippen molar-refractivity contribution in [3.63, 3.8) is 0 Å². The molecular weight excluding hydrogens is 176 g/mol. The minimum atomic E-state index is -0.1000. The Kier molecular flexibility index (Phi) is 1.71. The van der Waals surface area contributed by atoms with Crippen molar-refractivity contribution in [3.05, 3.63) is 17.5 Å². The summed E-state index contributed by atoms with van der Waals surface area (Å²) in [4.78, 5) is 0. The summed E-state index contributed by atoms with van der Waals surface area (Å²) in [5.74, 6) is 0.874. The number of aromatic nitrogens is 2. The van der Waals surface area contributed by atoms with Crippen LogP contribution in [0.3, 0.4) is 0 Å². The van der Waals surface area contributed by atoms with E-state index in [1.165, 1.54) is 17.7 Å². The largest absolute Gasteiger partial charge is 0.392 e. The lowest BCUT2D eigenvalue weighted by atomic mass is 9.85. The molecular formula is C11H16N2O. The van der Waals surface area contributed by atoms with Crippen LogP contribution < -0.4 is 0 Å². The number of aliphatic hydroxyl groups is 1. The summed E-state index contributed by atoms with van der Waals surface area (Å²) in [6, 6.07) is 0. The molecule has 76 valence electrons. The maximum absolute atomic E-state index is 10.0. The van der Waals surface area contributed by atoms with Crippen molar-refractivity contribution in [2.75, 3.05) is 0 Å². The highest BCUT2D eigenvalue weighted by Gasteiger charge is 2.42. The summed E-state index contributed by atoms with van der Waals surface area (Å²) in [6.07, 6.45) is 5.23. The van der Waals surface area contributed by atoms with Crippen LogP contribution >= 0.6 is 0 Å². The normalized spacial score (nSPS) is 34.6. The van der Waals surface area contributed by atoms with Gasteiger partial charge in [0, 0.05) is 18.2 Å². The SMILES string of the molecule is CCn1ncc2c1C[C@H]1CC[C@H]2[C@@H]1O. The molecule has 0 aromatic carbocycles. The zero-order valence-corrected chi connectivity index (χ0v) is 8.48. The average molecular weight is 192 g/mol. The van der Waals surface area contributed by atoms with Crippen LogP contribution in [-0.2, 0) is 13.0 Å². The van der Waals surface area contributed by atoms with Gasteiger partial charge in [-0.25, -0.2) is 0 Å². The van der Waals surface area contributed by atoms with E-state index in [9.17, 15) is 5.11 Å². The second-order valence-corrected chi connectivity index (χ2v) is 4.50. The molecule has 0 radical (unpaired) electrons. The highest BCUT2D eigenvalue weighted by atomic mass is 16.3. The van der Waals surface area contributed by atoms with E-state index in [-0.39, 0.29) is 6.10 Å². The molecule has 2 aliphatic rings. The second-order valence-electron chi connectivity index (χ2n) is 4.50. The number of nitrogens with zero attached hydrogens (tertiary/aromatic N) is 2. The van der Waals surface area contributed by atoms with Gasteiger partial charge in [-0.15, -0.1) is 0 Å². The Balaban J connectivity index is 2.08. The number of hydrogen-bond donors (Lipinski definition) is 1. The molecule has 3 nitrogen and oxygen atoms in total. The van der Waals surface area contributed by atoms with Gasteiger partial charge in [0.15, 0.2) is 0 Å². The first kappa shape index (κ1) is 8.48. The second kappa shape index (κ2) is 2.83. The molecule has 0 saturated heterocycles. The average Bonchev–Trinajstić information content (AvgIpc) is 2.68. The van der Waals surface area contributed by atoms with E-state index in [2.05, 4.69) is 16.7 Å². The predicted octanol–water partition coefficient (Wildman–Crippen LogP) is 1.31. The van der Waals surface area contributed by atoms with Crippen molar-refractivity contribution in [1.82, 2.24) is 9.78 Å². The lowest BCUT2D eigenvalue weighted by Gasteiger charge is -2.26. The Labute approximate surface area is 83.7 Å². The first-order chi connectivity index (χ1) is 6.81. The number of hydrogen-bond acceptors (Lipinski definition) is 2. The van der Waals surface area contributed by atoms with Gasteiger partial charge in [-0.3, -0.25) is 4.68 Å². The zero-order chi connectivity index (χ0) is 9.71. The Morgan fingerprint density at radius 1 is 1.57 bits per heavy atom. The van der Waals surface area contributed by atoms with Crippen molar-refractivity contribution < 1.29 is 5.11 Å². The summed E-state index contributed by atoms with van der Waals surface area (Å²) < 4.78 is 2.09. The highest BCUT2D eigenvalue weighted by Crippen LogP contribution is 2.46. The van der Waals surface area contributed by atoms with E-state index >= 15 is 0 Å². The van der Waals surface area contributed by atoms with Gasteiger partial charge in [0.1, 0.15) is 0 Å². The molecule has 2 bridgehead atoms. The maximum Gasteiger partial charge on any atom is 0.0641 e. The maximum atomic E-state index is 10.0. The molecule has 3 atom stereocenters. The molecule has 3 rings (SSSR count). The van der Waals surface area contributed by atoms with E-state index in [4.69, 9.17) is 0 Å². The summed E-state index contributed by atoms with van der Waals surface area (Å²) >= 11 is 0. The summed E-state index contributed by atoms with van der Waals surface area (Å²) in [6.45, 7) is 3.07. The van der Waals surface area contributed by atoms with Gasteiger partial charge in [-0.05, 0) is 37.7 Å². The van der Waals surface area contributed by atoms with Crippen LogP contribution in [0.1, 0.15) is 36.9 Å². The van der Waals surface area contributed by atoms with Gasteiger partial charge in [0.05, 0.1) is 12.3 Å². The van der Waals surface area contributed by atoms with Crippen molar-refractivity contribution in [2.24, 2.45) is 5.92 Å². The number of aryl methyl sites for hydroxylation is 1. The van der Waals surface area contributed by atoms with Crippen molar-refractivity contribution in [3.8, 4) is 0 Å². The predicted molar refractivity (Wildman–Crippen MR) is 53.1 cm³/mol. The molecule has 3 heteroatoms. The van der Waals surface area contributed by atoms with Gasteiger partial charge in [0.25, 0.3) is 0 Å². The quantitative estimate of drug-likeness (QED) is 0.728. The van der Waals surface area contributed by atoms with Crippen LogP contribution in [0.25, 0.3) is 0 Å². The van der Waals surface area contributed by atoms with E-state index in [1.807, 2.05) is 6.20 Å². The molecule has 0 spiro atoms. The smallest absolute Gasteiger partial charge is 0.0641 e. The molecule has 0 unspecified atom stereocenters. The first-order valence-corrected chi connectivity index (χ1v) is 5.54. The molecule has 1 fully saturated rings. The van der Waals surface area contributed by atoms with E-state index < -0.39 is 0 Å². The molecule has 0 aliphatic heterocycles. The van der Waals surface area contributed by atoms with Crippen LogP contribution in [0, 0.1) is 5.92 Å². The Hall–Kier alpha value is -0.830. The molecule has 1 aromatic rings. The summed E-state index contributed by atoms with van der Waals surface area (Å²) in [5.41, 5.74) is 2.69. The van der Waals surface area contributed by atoms with E-state index in [0.717, 1.165) is 19.4 Å². The molecule has 2 aliphatic carbocycles. The minimum absolute atomic E-state index is 0.1000. The Morgan fingerprint density at radius 3 is 3.21 bits per heavy atom. The minimum Gasteiger partial charge on any atom is -0.392 e. The molecule has 0 amide bonds. The van der Waals surface area contributed by atoms with Crippen LogP contribution in [0.2, 0.25) is 0 Å².